The van der Waals surface area contributed by atoms with Crippen LogP contribution in [0.3, 0.4) is 0 Å². The van der Waals surface area contributed by atoms with Gasteiger partial charge in [-0.1, -0.05) is 20.8 Å². The highest BCUT2D eigenvalue weighted by Crippen LogP contribution is 2.28. The molecule has 0 aromatic heterocycles. The smallest absolute Gasteiger partial charge is 0.0610 e. The zero-order chi connectivity index (χ0) is 14.4. The number of aliphatic hydroxyl groups excluding tert-OH is 1. The maximum Gasteiger partial charge on any atom is 0.0610 e. The van der Waals surface area contributed by atoms with Crippen LogP contribution in [0.2, 0.25) is 0 Å². The predicted molar refractivity (Wildman–Crippen MR) is 82.5 cm³/mol. The topological polar surface area (TPSA) is 35.5 Å². The minimum atomic E-state index is -0.0959. The summed E-state index contributed by atoms with van der Waals surface area (Å²) in [5, 5.41) is 13.0. The fourth-order valence-corrected chi connectivity index (χ4v) is 3.08. The van der Waals surface area contributed by atoms with Crippen LogP contribution < -0.4 is 5.32 Å². The molecule has 1 rings (SSSR count). The Morgan fingerprint density at radius 3 is 2.68 bits per heavy atom. The third-order valence-electron chi connectivity index (χ3n) is 4.33. The fourth-order valence-electron chi connectivity index (χ4n) is 3.08. The molecule has 1 heterocycles. The van der Waals surface area contributed by atoms with Gasteiger partial charge in [-0.25, -0.2) is 0 Å². The normalized spacial score (nSPS) is 23.2. The van der Waals surface area contributed by atoms with Crippen LogP contribution in [0.4, 0.5) is 0 Å². The number of rotatable bonds is 8. The van der Waals surface area contributed by atoms with Gasteiger partial charge >= 0.3 is 0 Å². The van der Waals surface area contributed by atoms with E-state index in [-0.39, 0.29) is 12.1 Å². The van der Waals surface area contributed by atoms with Gasteiger partial charge in [0, 0.05) is 12.1 Å². The van der Waals surface area contributed by atoms with Crippen molar-refractivity contribution < 1.29 is 5.11 Å². The number of nitrogens with zero attached hydrogens (tertiary/aromatic N) is 1. The molecule has 1 unspecified atom stereocenters. The van der Waals surface area contributed by atoms with Crippen molar-refractivity contribution in [1.29, 1.82) is 0 Å². The molecule has 0 amide bonds. The van der Waals surface area contributed by atoms with Gasteiger partial charge < -0.3 is 15.3 Å². The summed E-state index contributed by atoms with van der Waals surface area (Å²) in [4.78, 5) is 2.60. The average Bonchev–Trinajstić information content (AvgIpc) is 2.35. The molecular formula is C16H34N2O. The zero-order valence-electron chi connectivity index (χ0n) is 13.5. The van der Waals surface area contributed by atoms with E-state index in [1.54, 1.807) is 0 Å². The second kappa shape index (κ2) is 7.61. The lowest BCUT2D eigenvalue weighted by atomic mass is 9.84. The highest BCUT2D eigenvalue weighted by Gasteiger charge is 2.27. The van der Waals surface area contributed by atoms with Crippen LogP contribution >= 0.6 is 0 Å². The lowest BCUT2D eigenvalue weighted by Gasteiger charge is -2.38. The summed E-state index contributed by atoms with van der Waals surface area (Å²) >= 11 is 0. The van der Waals surface area contributed by atoms with Crippen molar-refractivity contribution in [2.45, 2.75) is 65.3 Å². The molecule has 0 aromatic carbocycles. The van der Waals surface area contributed by atoms with Crippen molar-refractivity contribution in [2.75, 3.05) is 32.8 Å². The molecule has 1 atom stereocenters. The van der Waals surface area contributed by atoms with Crippen molar-refractivity contribution in [3.8, 4) is 0 Å². The van der Waals surface area contributed by atoms with E-state index >= 15 is 0 Å². The van der Waals surface area contributed by atoms with Gasteiger partial charge in [0.1, 0.15) is 0 Å². The highest BCUT2D eigenvalue weighted by molar-refractivity contribution is 4.84. The number of hydrogen-bond acceptors (Lipinski definition) is 3. The van der Waals surface area contributed by atoms with Gasteiger partial charge in [0.05, 0.1) is 6.61 Å². The Morgan fingerprint density at radius 1 is 1.37 bits per heavy atom. The van der Waals surface area contributed by atoms with Crippen molar-refractivity contribution in [3.63, 3.8) is 0 Å². The van der Waals surface area contributed by atoms with Gasteiger partial charge in [-0.05, 0) is 64.1 Å². The van der Waals surface area contributed by atoms with E-state index in [2.05, 4.69) is 37.9 Å². The fraction of sp³-hybridized carbons (Fsp3) is 1.00. The molecule has 1 fully saturated rings. The molecule has 3 heteroatoms. The number of hydrogen-bond donors (Lipinski definition) is 2. The van der Waals surface area contributed by atoms with Gasteiger partial charge in [0.25, 0.3) is 0 Å². The Morgan fingerprint density at radius 2 is 2.11 bits per heavy atom. The minimum Gasteiger partial charge on any atom is -0.394 e. The summed E-state index contributed by atoms with van der Waals surface area (Å²) in [6.07, 6.45) is 6.04. The Labute approximate surface area is 119 Å². The van der Waals surface area contributed by atoms with Crippen LogP contribution in [0.5, 0.6) is 0 Å². The second-order valence-electron chi connectivity index (χ2n) is 7.29. The predicted octanol–water partition coefficient (Wildman–Crippen LogP) is 2.64. The molecule has 0 saturated carbocycles. The molecule has 0 spiro atoms. The number of nitrogens with one attached hydrogen (secondary N) is 1. The largest absolute Gasteiger partial charge is 0.394 e. The molecule has 3 nitrogen and oxygen atoms in total. The molecule has 0 aromatic rings. The van der Waals surface area contributed by atoms with Gasteiger partial charge in [-0.3, -0.25) is 0 Å². The number of aliphatic hydroxyl groups is 1. The van der Waals surface area contributed by atoms with Gasteiger partial charge in [0.2, 0.25) is 0 Å². The average molecular weight is 270 g/mol. The lowest BCUT2D eigenvalue weighted by molar-refractivity contribution is 0.107. The molecule has 19 heavy (non-hydrogen) atoms. The van der Waals surface area contributed by atoms with Crippen molar-refractivity contribution in [3.05, 3.63) is 0 Å². The van der Waals surface area contributed by atoms with Gasteiger partial charge in [0.15, 0.2) is 0 Å². The summed E-state index contributed by atoms with van der Waals surface area (Å²) in [6.45, 7) is 13.9. The van der Waals surface area contributed by atoms with Crippen LogP contribution in [0.25, 0.3) is 0 Å². The number of likely N-dealkylation sites (tertiary alicyclic amines) is 1. The first-order valence-corrected chi connectivity index (χ1v) is 7.99. The third-order valence-corrected chi connectivity index (χ3v) is 4.33. The Kier molecular flexibility index (Phi) is 6.78. The molecule has 1 aliphatic heterocycles. The van der Waals surface area contributed by atoms with Gasteiger partial charge in [-0.15, -0.1) is 0 Å². The van der Waals surface area contributed by atoms with E-state index in [1.807, 2.05) is 0 Å². The SMILES string of the molecule is CCCNC(C)(CO)CCCN1CCCC(C)(C)C1. The van der Waals surface area contributed by atoms with Crippen LogP contribution in [-0.2, 0) is 0 Å². The zero-order valence-corrected chi connectivity index (χ0v) is 13.5. The summed E-state index contributed by atoms with van der Waals surface area (Å²) < 4.78 is 0. The van der Waals surface area contributed by atoms with E-state index in [4.69, 9.17) is 0 Å². The summed E-state index contributed by atoms with van der Waals surface area (Å²) in [6, 6.07) is 0. The van der Waals surface area contributed by atoms with Gasteiger partial charge in [-0.2, -0.15) is 0 Å². The van der Waals surface area contributed by atoms with Crippen molar-refractivity contribution >= 4 is 0 Å². The molecule has 114 valence electrons. The minimum absolute atomic E-state index is 0.0959. The lowest BCUT2D eigenvalue weighted by Crippen LogP contribution is -2.47. The van der Waals surface area contributed by atoms with Crippen LogP contribution in [0.15, 0.2) is 0 Å². The maximum absolute atomic E-state index is 9.56. The molecule has 0 aliphatic carbocycles. The Bertz CT molecular complexity index is 255. The molecular weight excluding hydrogens is 236 g/mol. The quantitative estimate of drug-likeness (QED) is 0.712. The summed E-state index contributed by atoms with van der Waals surface area (Å²) in [5.74, 6) is 0. The molecule has 0 radical (unpaired) electrons. The standard InChI is InChI=1S/C16H34N2O/c1-5-10-17-16(4,14-19)9-7-12-18-11-6-8-15(2,3)13-18/h17,19H,5-14H2,1-4H3. The van der Waals surface area contributed by atoms with Crippen molar-refractivity contribution in [2.24, 2.45) is 5.41 Å². The van der Waals surface area contributed by atoms with E-state index in [9.17, 15) is 5.11 Å². The summed E-state index contributed by atoms with van der Waals surface area (Å²) in [5.41, 5.74) is 0.389. The van der Waals surface area contributed by atoms with Crippen LogP contribution in [0, 0.1) is 5.41 Å². The van der Waals surface area contributed by atoms with Crippen LogP contribution in [0.1, 0.15) is 59.8 Å². The molecule has 1 saturated heterocycles. The van der Waals surface area contributed by atoms with E-state index in [0.717, 1.165) is 19.4 Å². The van der Waals surface area contributed by atoms with E-state index in [1.165, 1.54) is 38.9 Å². The first kappa shape index (κ1) is 16.9. The van der Waals surface area contributed by atoms with Crippen LogP contribution in [-0.4, -0.2) is 48.3 Å². The maximum atomic E-state index is 9.56. The molecule has 2 N–H and O–H groups in total. The Hall–Kier alpha value is -0.120. The molecule has 0 bridgehead atoms. The monoisotopic (exact) mass is 270 g/mol. The second-order valence-corrected chi connectivity index (χ2v) is 7.29. The summed E-state index contributed by atoms with van der Waals surface area (Å²) in [7, 11) is 0. The third kappa shape index (κ3) is 6.24. The highest BCUT2D eigenvalue weighted by atomic mass is 16.3. The van der Waals surface area contributed by atoms with Crippen molar-refractivity contribution in [1.82, 2.24) is 10.2 Å². The molecule has 1 aliphatic rings. The first-order valence-electron chi connectivity index (χ1n) is 7.99. The Balaban J connectivity index is 2.28. The number of piperidine rings is 1. The first-order chi connectivity index (χ1) is 8.91. The van der Waals surface area contributed by atoms with E-state index in [0.29, 0.717) is 5.41 Å². The van der Waals surface area contributed by atoms with E-state index < -0.39 is 0 Å².